The summed E-state index contributed by atoms with van der Waals surface area (Å²) in [6, 6.07) is 14.0. The van der Waals surface area contributed by atoms with E-state index in [0.717, 1.165) is 37.2 Å². The second kappa shape index (κ2) is 9.41. The number of ether oxygens (including phenoxy) is 2. The number of piperidine rings is 1. The minimum atomic E-state index is -3.57. The molecule has 28 heavy (non-hydrogen) atoms. The first-order chi connectivity index (χ1) is 13.5. The van der Waals surface area contributed by atoms with Crippen LogP contribution in [-0.2, 0) is 16.6 Å². The summed E-state index contributed by atoms with van der Waals surface area (Å²) in [6.07, 6.45) is 2.31. The number of sulfonamides is 1. The summed E-state index contributed by atoms with van der Waals surface area (Å²) in [5.41, 5.74) is 0.880. The van der Waals surface area contributed by atoms with E-state index in [9.17, 15) is 8.42 Å². The van der Waals surface area contributed by atoms with Gasteiger partial charge in [-0.2, -0.15) is 0 Å². The molecule has 0 saturated carbocycles. The Kier molecular flexibility index (Phi) is 6.93. The quantitative estimate of drug-likeness (QED) is 0.732. The van der Waals surface area contributed by atoms with Gasteiger partial charge in [0.2, 0.25) is 10.0 Å². The predicted molar refractivity (Wildman–Crippen MR) is 109 cm³/mol. The molecule has 0 bridgehead atoms. The summed E-state index contributed by atoms with van der Waals surface area (Å²) in [4.78, 5) is 2.53. The fourth-order valence-electron chi connectivity index (χ4n) is 3.12. The Bertz CT molecular complexity index is 843. The van der Waals surface area contributed by atoms with Gasteiger partial charge in [-0.3, -0.25) is 0 Å². The van der Waals surface area contributed by atoms with Crippen molar-refractivity contribution >= 4 is 10.0 Å². The Morgan fingerprint density at radius 2 is 1.61 bits per heavy atom. The number of hydrogen-bond acceptors (Lipinski definition) is 5. The summed E-state index contributed by atoms with van der Waals surface area (Å²) < 4.78 is 38.9. The number of hydrogen-bond donors (Lipinski definition) is 1. The lowest BCUT2D eigenvalue weighted by atomic mass is 10.1. The molecule has 7 heteroatoms. The van der Waals surface area contributed by atoms with E-state index in [0.29, 0.717) is 12.4 Å². The Balaban J connectivity index is 1.53. The topological polar surface area (TPSA) is 67.9 Å². The molecule has 152 valence electrons. The van der Waals surface area contributed by atoms with E-state index in [1.54, 1.807) is 24.3 Å². The molecule has 1 aliphatic heterocycles. The normalized spacial score (nSPS) is 16.1. The van der Waals surface area contributed by atoms with E-state index in [2.05, 4.69) is 16.7 Å². The molecule has 1 heterocycles. The third-order valence-electron chi connectivity index (χ3n) is 4.80. The Morgan fingerprint density at radius 1 is 1.00 bits per heavy atom. The molecule has 1 fully saturated rings. The van der Waals surface area contributed by atoms with Crippen molar-refractivity contribution in [1.82, 2.24) is 9.62 Å². The molecule has 0 radical (unpaired) electrons. The molecule has 0 aliphatic carbocycles. The maximum Gasteiger partial charge on any atom is 0.240 e. The highest BCUT2D eigenvalue weighted by Crippen LogP contribution is 2.20. The molecule has 0 unspecified atom stereocenters. The number of likely N-dealkylation sites (tertiary alicyclic amines) is 1. The molecular formula is C21H28N2O4S. The zero-order valence-corrected chi connectivity index (χ0v) is 17.2. The zero-order valence-electron chi connectivity index (χ0n) is 16.4. The summed E-state index contributed by atoms with van der Waals surface area (Å²) in [6.45, 7) is 4.76. The standard InChI is InChI=1S/C21H28N2O4S/c1-3-26-18-8-10-21(11-9-18)28(24,25)22-16-17-4-6-19(7-5-17)27-20-12-14-23(2)15-13-20/h4-11,20,22H,3,12-16H2,1-2H3. The lowest BCUT2D eigenvalue weighted by Gasteiger charge is -2.29. The SMILES string of the molecule is CCOc1ccc(S(=O)(=O)NCc2ccc(OC3CCN(C)CC3)cc2)cc1. The minimum Gasteiger partial charge on any atom is -0.494 e. The smallest absolute Gasteiger partial charge is 0.240 e. The molecule has 1 saturated heterocycles. The molecule has 6 nitrogen and oxygen atoms in total. The van der Waals surface area contributed by atoms with E-state index in [-0.39, 0.29) is 17.5 Å². The van der Waals surface area contributed by atoms with Crippen LogP contribution in [0.15, 0.2) is 53.4 Å². The molecule has 2 aromatic rings. The average Bonchev–Trinajstić information content (AvgIpc) is 2.70. The summed E-state index contributed by atoms with van der Waals surface area (Å²) in [5.74, 6) is 1.48. The third-order valence-corrected chi connectivity index (χ3v) is 6.22. The van der Waals surface area contributed by atoms with Crippen molar-refractivity contribution in [3.05, 3.63) is 54.1 Å². The number of benzene rings is 2. The van der Waals surface area contributed by atoms with Gasteiger partial charge in [-0.05, 0) is 68.8 Å². The summed E-state index contributed by atoms with van der Waals surface area (Å²) in [7, 11) is -1.45. The van der Waals surface area contributed by atoms with Crippen LogP contribution in [0.25, 0.3) is 0 Å². The van der Waals surface area contributed by atoms with Gasteiger partial charge in [-0.15, -0.1) is 0 Å². The zero-order chi connectivity index (χ0) is 20.0. The van der Waals surface area contributed by atoms with Gasteiger partial charge in [-0.25, -0.2) is 13.1 Å². The first-order valence-corrected chi connectivity index (χ1v) is 11.1. The van der Waals surface area contributed by atoms with Gasteiger partial charge in [0.15, 0.2) is 0 Å². The van der Waals surface area contributed by atoms with Gasteiger partial charge in [-0.1, -0.05) is 12.1 Å². The number of nitrogens with zero attached hydrogens (tertiary/aromatic N) is 1. The summed E-state index contributed by atoms with van der Waals surface area (Å²) in [5, 5.41) is 0. The van der Waals surface area contributed by atoms with Crippen molar-refractivity contribution in [1.29, 1.82) is 0 Å². The van der Waals surface area contributed by atoms with Crippen LogP contribution in [-0.4, -0.2) is 46.2 Å². The van der Waals surface area contributed by atoms with Gasteiger partial charge in [0.05, 0.1) is 11.5 Å². The van der Waals surface area contributed by atoms with Gasteiger partial charge in [0.25, 0.3) is 0 Å². The largest absolute Gasteiger partial charge is 0.494 e. The van der Waals surface area contributed by atoms with Crippen molar-refractivity contribution in [2.75, 3.05) is 26.7 Å². The number of nitrogens with one attached hydrogen (secondary N) is 1. The van der Waals surface area contributed by atoms with Gasteiger partial charge >= 0.3 is 0 Å². The highest BCUT2D eigenvalue weighted by Gasteiger charge is 2.18. The van der Waals surface area contributed by atoms with Gasteiger partial charge in [0, 0.05) is 19.6 Å². The maximum atomic E-state index is 12.5. The Labute approximate surface area is 167 Å². The van der Waals surface area contributed by atoms with Crippen LogP contribution in [0.1, 0.15) is 25.3 Å². The van der Waals surface area contributed by atoms with Crippen LogP contribution in [0.3, 0.4) is 0 Å². The van der Waals surface area contributed by atoms with Crippen molar-refractivity contribution in [2.24, 2.45) is 0 Å². The lowest BCUT2D eigenvalue weighted by molar-refractivity contribution is 0.114. The van der Waals surface area contributed by atoms with Gasteiger partial charge in [0.1, 0.15) is 17.6 Å². The first-order valence-electron chi connectivity index (χ1n) is 9.63. The fraction of sp³-hybridized carbons (Fsp3) is 0.429. The summed E-state index contributed by atoms with van der Waals surface area (Å²) >= 11 is 0. The van der Waals surface area contributed by atoms with E-state index in [1.807, 2.05) is 31.2 Å². The van der Waals surface area contributed by atoms with Gasteiger partial charge < -0.3 is 14.4 Å². The highest BCUT2D eigenvalue weighted by atomic mass is 32.2. The van der Waals surface area contributed by atoms with E-state index in [4.69, 9.17) is 9.47 Å². The van der Waals surface area contributed by atoms with Crippen LogP contribution in [0.5, 0.6) is 11.5 Å². The molecule has 0 aromatic heterocycles. The molecule has 0 amide bonds. The van der Waals surface area contributed by atoms with Crippen LogP contribution >= 0.6 is 0 Å². The molecule has 0 atom stereocenters. The second-order valence-corrected chi connectivity index (χ2v) is 8.76. The van der Waals surface area contributed by atoms with E-state index in [1.165, 1.54) is 0 Å². The monoisotopic (exact) mass is 404 g/mol. The minimum absolute atomic E-state index is 0.221. The van der Waals surface area contributed by atoms with Crippen LogP contribution in [0.4, 0.5) is 0 Å². The lowest BCUT2D eigenvalue weighted by Crippen LogP contribution is -2.35. The predicted octanol–water partition coefficient (Wildman–Crippen LogP) is 3.04. The van der Waals surface area contributed by atoms with Crippen molar-refractivity contribution in [3.63, 3.8) is 0 Å². The third kappa shape index (κ3) is 5.70. The molecule has 3 rings (SSSR count). The van der Waals surface area contributed by atoms with Crippen molar-refractivity contribution < 1.29 is 17.9 Å². The van der Waals surface area contributed by atoms with Crippen LogP contribution in [0.2, 0.25) is 0 Å². The highest BCUT2D eigenvalue weighted by molar-refractivity contribution is 7.89. The van der Waals surface area contributed by atoms with E-state index >= 15 is 0 Å². The molecule has 2 aromatic carbocycles. The maximum absolute atomic E-state index is 12.5. The van der Waals surface area contributed by atoms with Crippen LogP contribution in [0, 0.1) is 0 Å². The Hall–Kier alpha value is -2.09. The average molecular weight is 405 g/mol. The van der Waals surface area contributed by atoms with Crippen molar-refractivity contribution in [2.45, 2.75) is 37.3 Å². The fourth-order valence-corrected chi connectivity index (χ4v) is 4.14. The van der Waals surface area contributed by atoms with E-state index < -0.39 is 10.0 Å². The molecule has 1 aliphatic rings. The molecule has 0 spiro atoms. The second-order valence-electron chi connectivity index (χ2n) is 6.99. The molecule has 1 N–H and O–H groups in total. The van der Waals surface area contributed by atoms with Crippen LogP contribution < -0.4 is 14.2 Å². The Morgan fingerprint density at radius 3 is 2.21 bits per heavy atom. The number of rotatable bonds is 8. The first kappa shape index (κ1) is 20.6. The molecular weight excluding hydrogens is 376 g/mol. The van der Waals surface area contributed by atoms with Crippen molar-refractivity contribution in [3.8, 4) is 11.5 Å².